The molecule has 2 aromatic carbocycles. The summed E-state index contributed by atoms with van der Waals surface area (Å²) >= 11 is 3.56. The summed E-state index contributed by atoms with van der Waals surface area (Å²) in [5.41, 5.74) is 2.21. The molecule has 0 saturated carbocycles. The van der Waals surface area contributed by atoms with Crippen molar-refractivity contribution in [2.75, 3.05) is 0 Å². The summed E-state index contributed by atoms with van der Waals surface area (Å²) in [6.45, 7) is 0. The lowest BCUT2D eigenvalue weighted by Gasteiger charge is -2.20. The van der Waals surface area contributed by atoms with E-state index < -0.39 is 0 Å². The first-order valence-corrected chi connectivity index (χ1v) is 6.48. The average Bonchev–Trinajstić information content (AvgIpc) is 2.38. The molecule has 0 bridgehead atoms. The molecule has 86 valence electrons. The molecule has 3 aromatic rings. The zero-order chi connectivity index (χ0) is 12.1. The molecule has 4 rings (SSSR count). The van der Waals surface area contributed by atoms with Crippen molar-refractivity contribution in [2.45, 2.75) is 0 Å². The van der Waals surface area contributed by atoms with E-state index in [1.54, 1.807) is 6.20 Å². The van der Waals surface area contributed by atoms with Crippen molar-refractivity contribution in [3.8, 4) is 22.8 Å². The lowest BCUT2D eigenvalue weighted by molar-refractivity contribution is 0.467. The maximum Gasteiger partial charge on any atom is 0.227 e. The van der Waals surface area contributed by atoms with Gasteiger partial charge in [0, 0.05) is 21.6 Å². The minimum absolute atomic E-state index is 0.676. The standard InChI is InChI=1S/C15H8BrNO/c16-10-7-9-3-1-5-13-14(9)12(8-10)11-4-2-6-17-15(11)18-13/h1-8H. The van der Waals surface area contributed by atoms with E-state index >= 15 is 0 Å². The van der Waals surface area contributed by atoms with Crippen LogP contribution in [0.15, 0.2) is 53.1 Å². The number of hydrogen-bond donors (Lipinski definition) is 0. The third-order valence-electron chi connectivity index (χ3n) is 3.17. The van der Waals surface area contributed by atoms with Gasteiger partial charge in [-0.05, 0) is 41.3 Å². The average molecular weight is 298 g/mol. The normalized spacial score (nSPS) is 12.1. The second-order valence-corrected chi connectivity index (χ2v) is 5.18. The van der Waals surface area contributed by atoms with Crippen LogP contribution in [0.1, 0.15) is 0 Å². The molecule has 3 heteroatoms. The van der Waals surface area contributed by atoms with Crippen LogP contribution in [-0.2, 0) is 0 Å². The van der Waals surface area contributed by atoms with Crippen LogP contribution in [-0.4, -0.2) is 4.98 Å². The number of nitrogens with zero attached hydrogens (tertiary/aromatic N) is 1. The lowest BCUT2D eigenvalue weighted by Crippen LogP contribution is -1.98. The predicted molar refractivity (Wildman–Crippen MR) is 75.0 cm³/mol. The molecular formula is C15H8BrNO. The molecule has 0 spiro atoms. The van der Waals surface area contributed by atoms with Crippen molar-refractivity contribution in [2.24, 2.45) is 0 Å². The van der Waals surface area contributed by atoms with Gasteiger partial charge in [-0.15, -0.1) is 0 Å². The van der Waals surface area contributed by atoms with Crippen LogP contribution in [0, 0.1) is 0 Å². The molecule has 0 atom stereocenters. The maximum atomic E-state index is 5.86. The van der Waals surface area contributed by atoms with Crippen LogP contribution in [0.3, 0.4) is 0 Å². The van der Waals surface area contributed by atoms with E-state index in [0.29, 0.717) is 5.88 Å². The highest BCUT2D eigenvalue weighted by Crippen LogP contribution is 2.46. The van der Waals surface area contributed by atoms with Gasteiger partial charge in [0.05, 0.1) is 0 Å². The van der Waals surface area contributed by atoms with E-state index in [1.165, 1.54) is 10.9 Å². The molecular weight excluding hydrogens is 290 g/mol. The molecule has 0 unspecified atom stereocenters. The second kappa shape index (κ2) is 3.56. The molecule has 1 aromatic heterocycles. The highest BCUT2D eigenvalue weighted by atomic mass is 79.9. The summed E-state index contributed by atoms with van der Waals surface area (Å²) in [6.07, 6.45) is 1.75. The summed E-state index contributed by atoms with van der Waals surface area (Å²) in [7, 11) is 0. The van der Waals surface area contributed by atoms with Crippen LogP contribution < -0.4 is 4.74 Å². The summed E-state index contributed by atoms with van der Waals surface area (Å²) < 4.78 is 6.93. The van der Waals surface area contributed by atoms with Gasteiger partial charge in [-0.2, -0.15) is 0 Å². The first kappa shape index (κ1) is 10.1. The van der Waals surface area contributed by atoms with Gasteiger partial charge in [0.25, 0.3) is 0 Å². The number of pyridine rings is 1. The molecule has 0 fully saturated rings. The van der Waals surface area contributed by atoms with Gasteiger partial charge >= 0.3 is 0 Å². The Kier molecular flexibility index (Phi) is 2.00. The molecule has 0 radical (unpaired) electrons. The van der Waals surface area contributed by atoms with Gasteiger partial charge in [-0.25, -0.2) is 4.98 Å². The van der Waals surface area contributed by atoms with Gasteiger partial charge in [-0.3, -0.25) is 0 Å². The Hall–Kier alpha value is -1.87. The number of benzene rings is 2. The zero-order valence-electron chi connectivity index (χ0n) is 9.35. The largest absolute Gasteiger partial charge is 0.438 e. The molecule has 1 aliphatic heterocycles. The molecule has 0 aliphatic carbocycles. The van der Waals surface area contributed by atoms with Gasteiger partial charge in [-0.1, -0.05) is 28.1 Å². The van der Waals surface area contributed by atoms with E-state index in [1.807, 2.05) is 24.3 Å². The minimum Gasteiger partial charge on any atom is -0.438 e. The number of fused-ring (bicyclic) bond motifs is 2. The number of ether oxygens (including phenoxy) is 1. The summed E-state index contributed by atoms with van der Waals surface area (Å²) in [5.74, 6) is 1.55. The Balaban J connectivity index is 2.22. The first-order chi connectivity index (χ1) is 8.83. The van der Waals surface area contributed by atoms with Crippen LogP contribution in [0.2, 0.25) is 0 Å². The molecule has 18 heavy (non-hydrogen) atoms. The monoisotopic (exact) mass is 297 g/mol. The van der Waals surface area contributed by atoms with Crippen LogP contribution in [0.25, 0.3) is 21.9 Å². The molecule has 0 N–H and O–H groups in total. The second-order valence-electron chi connectivity index (χ2n) is 4.27. The van der Waals surface area contributed by atoms with Gasteiger partial charge < -0.3 is 4.74 Å². The van der Waals surface area contributed by atoms with E-state index in [9.17, 15) is 0 Å². The Morgan fingerprint density at radius 2 is 1.94 bits per heavy atom. The minimum atomic E-state index is 0.676. The van der Waals surface area contributed by atoms with Crippen molar-refractivity contribution in [1.82, 2.24) is 4.98 Å². The summed E-state index contributed by atoms with van der Waals surface area (Å²) in [4.78, 5) is 4.30. The molecule has 2 nitrogen and oxygen atoms in total. The van der Waals surface area contributed by atoms with Crippen LogP contribution in [0.5, 0.6) is 11.6 Å². The smallest absolute Gasteiger partial charge is 0.227 e. The highest BCUT2D eigenvalue weighted by Gasteiger charge is 2.20. The fourth-order valence-electron chi connectivity index (χ4n) is 2.44. The predicted octanol–water partition coefficient (Wildman–Crippen LogP) is 4.77. The van der Waals surface area contributed by atoms with Gasteiger partial charge in [0.1, 0.15) is 5.75 Å². The Bertz CT molecular complexity index is 783. The van der Waals surface area contributed by atoms with E-state index in [-0.39, 0.29) is 0 Å². The van der Waals surface area contributed by atoms with Crippen LogP contribution >= 0.6 is 15.9 Å². The number of hydrogen-bond acceptors (Lipinski definition) is 2. The third kappa shape index (κ3) is 1.31. The number of rotatable bonds is 0. The quantitative estimate of drug-likeness (QED) is 0.466. The number of halogens is 1. The van der Waals surface area contributed by atoms with E-state index in [4.69, 9.17) is 4.74 Å². The molecule has 0 saturated heterocycles. The fraction of sp³-hybridized carbons (Fsp3) is 0. The SMILES string of the molecule is Brc1cc2c3c(cccc3c1)Oc1ncccc1-2. The van der Waals surface area contributed by atoms with Crippen molar-refractivity contribution >= 4 is 26.7 Å². The molecule has 1 aliphatic rings. The highest BCUT2D eigenvalue weighted by molar-refractivity contribution is 9.10. The Labute approximate surface area is 112 Å². The molecule has 2 heterocycles. The van der Waals surface area contributed by atoms with E-state index in [0.717, 1.165) is 21.2 Å². The Morgan fingerprint density at radius 1 is 1.00 bits per heavy atom. The van der Waals surface area contributed by atoms with Gasteiger partial charge in [0.2, 0.25) is 5.88 Å². The lowest BCUT2D eigenvalue weighted by atomic mass is 9.96. The van der Waals surface area contributed by atoms with Crippen molar-refractivity contribution in [1.29, 1.82) is 0 Å². The third-order valence-corrected chi connectivity index (χ3v) is 3.63. The topological polar surface area (TPSA) is 22.1 Å². The van der Waals surface area contributed by atoms with Gasteiger partial charge in [0.15, 0.2) is 0 Å². The summed E-state index contributed by atoms with van der Waals surface area (Å²) in [6, 6.07) is 14.3. The molecule has 0 amide bonds. The summed E-state index contributed by atoms with van der Waals surface area (Å²) in [5, 5.41) is 2.33. The Morgan fingerprint density at radius 3 is 2.89 bits per heavy atom. The first-order valence-electron chi connectivity index (χ1n) is 5.68. The van der Waals surface area contributed by atoms with E-state index in [2.05, 4.69) is 39.1 Å². The maximum absolute atomic E-state index is 5.86. The zero-order valence-corrected chi connectivity index (χ0v) is 10.9. The number of aromatic nitrogens is 1. The van der Waals surface area contributed by atoms with Crippen LogP contribution in [0.4, 0.5) is 0 Å². The fourth-order valence-corrected chi connectivity index (χ4v) is 2.91. The van der Waals surface area contributed by atoms with Crippen molar-refractivity contribution < 1.29 is 4.74 Å². The van der Waals surface area contributed by atoms with Crippen molar-refractivity contribution in [3.63, 3.8) is 0 Å². The van der Waals surface area contributed by atoms with Crippen molar-refractivity contribution in [3.05, 3.63) is 53.1 Å².